The lowest BCUT2D eigenvalue weighted by atomic mass is 9.96. The lowest BCUT2D eigenvalue weighted by Crippen LogP contribution is -2.46. The zero-order valence-electron chi connectivity index (χ0n) is 13.0. The van der Waals surface area contributed by atoms with Gasteiger partial charge in [0.1, 0.15) is 0 Å². The van der Waals surface area contributed by atoms with Gasteiger partial charge in [0.15, 0.2) is 0 Å². The number of hydrogen-bond acceptors (Lipinski definition) is 2. The number of alkyl halides is 3. The zero-order chi connectivity index (χ0) is 16.4. The van der Waals surface area contributed by atoms with E-state index in [0.29, 0.717) is 19.6 Å². The Balaban J connectivity index is 1.59. The van der Waals surface area contributed by atoms with Gasteiger partial charge in [-0.25, -0.2) is 0 Å². The number of benzene rings is 1. The number of amides is 1. The number of hydrogen-bond donors (Lipinski definition) is 0. The Hall–Kier alpha value is -1.56. The van der Waals surface area contributed by atoms with Crippen LogP contribution in [0.15, 0.2) is 24.3 Å². The second-order valence-corrected chi connectivity index (χ2v) is 6.37. The van der Waals surface area contributed by atoms with E-state index in [1.54, 1.807) is 4.90 Å². The SMILES string of the molecule is O=C(CN1CCC(C(F)(F)F)CC1)N1CCCc2ccccc21. The number of nitrogens with zero attached hydrogens (tertiary/aromatic N) is 2. The fourth-order valence-electron chi connectivity index (χ4n) is 3.49. The van der Waals surface area contributed by atoms with Crippen LogP contribution in [0.25, 0.3) is 0 Å². The molecule has 1 aromatic rings. The monoisotopic (exact) mass is 326 g/mol. The number of fused-ring (bicyclic) bond motifs is 1. The zero-order valence-corrected chi connectivity index (χ0v) is 13.0. The molecule has 126 valence electrons. The summed E-state index contributed by atoms with van der Waals surface area (Å²) in [6.45, 7) is 1.57. The summed E-state index contributed by atoms with van der Waals surface area (Å²) in [5.41, 5.74) is 2.12. The maximum absolute atomic E-state index is 12.7. The standard InChI is InChI=1S/C17H21F3N2O/c18-17(19,20)14-7-10-21(11-8-14)12-16(23)22-9-3-5-13-4-1-2-6-15(13)22/h1-2,4,6,14H,3,5,7-12H2. The summed E-state index contributed by atoms with van der Waals surface area (Å²) in [5.74, 6) is -1.23. The Labute approximate surface area is 134 Å². The molecule has 1 saturated heterocycles. The van der Waals surface area contributed by atoms with Gasteiger partial charge >= 0.3 is 6.18 Å². The largest absolute Gasteiger partial charge is 0.391 e. The summed E-state index contributed by atoms with van der Waals surface area (Å²) in [5, 5.41) is 0. The lowest BCUT2D eigenvalue weighted by Gasteiger charge is -2.35. The second kappa shape index (κ2) is 6.51. The summed E-state index contributed by atoms with van der Waals surface area (Å²) < 4.78 is 38.1. The van der Waals surface area contributed by atoms with E-state index < -0.39 is 12.1 Å². The van der Waals surface area contributed by atoms with Crippen LogP contribution in [0.4, 0.5) is 18.9 Å². The quantitative estimate of drug-likeness (QED) is 0.833. The number of carbonyl (C=O) groups excluding carboxylic acids is 1. The third-order valence-corrected chi connectivity index (χ3v) is 4.82. The first-order valence-electron chi connectivity index (χ1n) is 8.12. The molecule has 0 aromatic heterocycles. The predicted molar refractivity (Wildman–Crippen MR) is 82.3 cm³/mol. The highest BCUT2D eigenvalue weighted by molar-refractivity contribution is 5.95. The number of anilines is 1. The smallest absolute Gasteiger partial charge is 0.311 e. The van der Waals surface area contributed by atoms with Crippen LogP contribution in [-0.2, 0) is 11.2 Å². The van der Waals surface area contributed by atoms with Gasteiger partial charge in [0.25, 0.3) is 0 Å². The predicted octanol–water partition coefficient (Wildman–Crippen LogP) is 3.24. The van der Waals surface area contributed by atoms with E-state index in [4.69, 9.17) is 0 Å². The average Bonchev–Trinajstić information content (AvgIpc) is 2.54. The van der Waals surface area contributed by atoms with E-state index >= 15 is 0 Å². The van der Waals surface area contributed by atoms with Gasteiger partial charge in [0.05, 0.1) is 12.5 Å². The van der Waals surface area contributed by atoms with Crippen molar-refractivity contribution in [1.82, 2.24) is 4.90 Å². The van der Waals surface area contributed by atoms with Gasteiger partial charge in [-0.2, -0.15) is 13.2 Å². The minimum atomic E-state index is -4.11. The molecule has 2 heterocycles. The third kappa shape index (κ3) is 3.68. The third-order valence-electron chi connectivity index (χ3n) is 4.82. The van der Waals surface area contributed by atoms with Gasteiger partial charge < -0.3 is 4.90 Å². The molecule has 3 rings (SSSR count). The molecule has 23 heavy (non-hydrogen) atoms. The van der Waals surface area contributed by atoms with Crippen LogP contribution in [-0.4, -0.2) is 43.2 Å². The molecular weight excluding hydrogens is 305 g/mol. The molecule has 0 N–H and O–H groups in total. The maximum atomic E-state index is 12.7. The van der Waals surface area contributed by atoms with Crippen molar-refractivity contribution < 1.29 is 18.0 Å². The molecule has 0 radical (unpaired) electrons. The number of para-hydroxylation sites is 1. The average molecular weight is 326 g/mol. The van der Waals surface area contributed by atoms with Crippen LogP contribution < -0.4 is 4.90 Å². The first-order valence-corrected chi connectivity index (χ1v) is 8.12. The minimum absolute atomic E-state index is 0.0115. The van der Waals surface area contributed by atoms with Crippen molar-refractivity contribution in [2.75, 3.05) is 31.1 Å². The van der Waals surface area contributed by atoms with Crippen LogP contribution >= 0.6 is 0 Å². The van der Waals surface area contributed by atoms with Crippen molar-refractivity contribution in [3.63, 3.8) is 0 Å². The Morgan fingerprint density at radius 1 is 1.13 bits per heavy atom. The summed E-state index contributed by atoms with van der Waals surface area (Å²) in [7, 11) is 0. The van der Waals surface area contributed by atoms with Crippen LogP contribution in [0, 0.1) is 5.92 Å². The van der Waals surface area contributed by atoms with Gasteiger partial charge in [0, 0.05) is 12.2 Å². The highest BCUT2D eigenvalue weighted by atomic mass is 19.4. The fraction of sp³-hybridized carbons (Fsp3) is 0.588. The van der Waals surface area contributed by atoms with E-state index in [1.165, 1.54) is 5.56 Å². The maximum Gasteiger partial charge on any atom is 0.391 e. The molecular formula is C17H21F3N2O. The first kappa shape index (κ1) is 16.3. The van der Waals surface area contributed by atoms with Crippen LogP contribution in [0.5, 0.6) is 0 Å². The Morgan fingerprint density at radius 3 is 2.52 bits per heavy atom. The first-order chi connectivity index (χ1) is 10.9. The number of piperidine rings is 1. The highest BCUT2D eigenvalue weighted by Crippen LogP contribution is 2.34. The van der Waals surface area contributed by atoms with E-state index in [-0.39, 0.29) is 25.3 Å². The Kier molecular flexibility index (Phi) is 4.62. The fourth-order valence-corrected chi connectivity index (χ4v) is 3.49. The van der Waals surface area contributed by atoms with Gasteiger partial charge in [-0.1, -0.05) is 18.2 Å². The molecule has 1 aromatic carbocycles. The van der Waals surface area contributed by atoms with Crippen molar-refractivity contribution in [3.8, 4) is 0 Å². The molecule has 0 saturated carbocycles. The van der Waals surface area contributed by atoms with E-state index in [9.17, 15) is 18.0 Å². The molecule has 0 atom stereocenters. The van der Waals surface area contributed by atoms with Gasteiger partial charge in [0.2, 0.25) is 5.91 Å². The summed E-state index contributed by atoms with van der Waals surface area (Å²) in [6, 6.07) is 7.86. The molecule has 1 fully saturated rings. The molecule has 0 unspecified atom stereocenters. The Bertz CT molecular complexity index is 565. The van der Waals surface area contributed by atoms with Crippen molar-refractivity contribution in [3.05, 3.63) is 29.8 Å². The molecule has 0 aliphatic carbocycles. The lowest BCUT2D eigenvalue weighted by molar-refractivity contribution is -0.185. The van der Waals surface area contributed by atoms with Crippen molar-refractivity contribution in [2.45, 2.75) is 31.9 Å². The summed E-state index contributed by atoms with van der Waals surface area (Å²) in [4.78, 5) is 16.2. The molecule has 0 bridgehead atoms. The normalized spacial score (nSPS) is 20.4. The summed E-state index contributed by atoms with van der Waals surface area (Å²) in [6.07, 6.45) is -2.03. The van der Waals surface area contributed by atoms with Crippen LogP contribution in [0.3, 0.4) is 0 Å². The van der Waals surface area contributed by atoms with Crippen LogP contribution in [0.2, 0.25) is 0 Å². The van der Waals surface area contributed by atoms with Crippen molar-refractivity contribution in [2.24, 2.45) is 5.92 Å². The van der Waals surface area contributed by atoms with E-state index in [1.807, 2.05) is 29.2 Å². The van der Waals surface area contributed by atoms with Crippen molar-refractivity contribution >= 4 is 11.6 Å². The van der Waals surface area contributed by atoms with Crippen molar-refractivity contribution in [1.29, 1.82) is 0 Å². The topological polar surface area (TPSA) is 23.6 Å². The molecule has 6 heteroatoms. The van der Waals surface area contributed by atoms with Gasteiger partial charge in [-0.3, -0.25) is 9.69 Å². The number of carbonyl (C=O) groups is 1. The second-order valence-electron chi connectivity index (χ2n) is 6.37. The number of halogens is 3. The van der Waals surface area contributed by atoms with Gasteiger partial charge in [-0.15, -0.1) is 0 Å². The molecule has 3 nitrogen and oxygen atoms in total. The number of likely N-dealkylation sites (tertiary alicyclic amines) is 1. The highest BCUT2D eigenvalue weighted by Gasteiger charge is 2.41. The minimum Gasteiger partial charge on any atom is -0.311 e. The molecule has 0 spiro atoms. The van der Waals surface area contributed by atoms with E-state index in [0.717, 1.165) is 18.5 Å². The van der Waals surface area contributed by atoms with E-state index in [2.05, 4.69) is 0 Å². The molecule has 2 aliphatic heterocycles. The molecule has 1 amide bonds. The van der Waals surface area contributed by atoms with Gasteiger partial charge in [-0.05, 0) is 50.4 Å². The molecule has 2 aliphatic rings. The number of aryl methyl sites for hydroxylation is 1. The number of rotatable bonds is 2. The Morgan fingerprint density at radius 2 is 1.83 bits per heavy atom. The summed E-state index contributed by atoms with van der Waals surface area (Å²) >= 11 is 0. The van der Waals surface area contributed by atoms with Crippen LogP contribution in [0.1, 0.15) is 24.8 Å².